The Hall–Kier alpha value is -3.48. The molecule has 0 atom stereocenters. The van der Waals surface area contributed by atoms with Gasteiger partial charge in [0.15, 0.2) is 0 Å². The number of amides is 1. The number of hydrogen-bond donors (Lipinski definition) is 1. The van der Waals surface area contributed by atoms with E-state index in [1.54, 1.807) is 6.07 Å². The van der Waals surface area contributed by atoms with Crippen molar-refractivity contribution in [2.24, 2.45) is 0 Å². The van der Waals surface area contributed by atoms with Gasteiger partial charge in [-0.15, -0.1) is 0 Å². The number of para-hydroxylation sites is 4. The van der Waals surface area contributed by atoms with Crippen molar-refractivity contribution < 1.29 is 4.79 Å². The number of aryl methyl sites for hydroxylation is 2. The molecule has 142 valence electrons. The monoisotopic (exact) mass is 375 g/mol. The average molecular weight is 375 g/mol. The second-order valence-corrected chi connectivity index (χ2v) is 6.67. The van der Waals surface area contributed by atoms with Gasteiger partial charge in [0.1, 0.15) is 12.4 Å². The highest BCUT2D eigenvalue weighted by atomic mass is 16.2. The number of carbonyl (C=O) groups is 1. The summed E-state index contributed by atoms with van der Waals surface area (Å²) in [6, 6.07) is 15.3. The van der Waals surface area contributed by atoms with E-state index in [9.17, 15) is 9.59 Å². The van der Waals surface area contributed by atoms with Gasteiger partial charge in [0.25, 0.3) is 5.56 Å². The van der Waals surface area contributed by atoms with E-state index in [0.29, 0.717) is 17.6 Å². The maximum absolute atomic E-state index is 12.3. The SMILES string of the molecule is Cc1nc2ccccc2n1CCCNC(=O)Cn1c(=O)cnc2ccccc21. The molecule has 0 aliphatic heterocycles. The first kappa shape index (κ1) is 17.9. The minimum absolute atomic E-state index is 0.0189. The summed E-state index contributed by atoms with van der Waals surface area (Å²) in [7, 11) is 0. The molecule has 7 heteroatoms. The third-order valence-electron chi connectivity index (χ3n) is 4.78. The Morgan fingerprint density at radius 2 is 1.68 bits per heavy atom. The molecular formula is C21H21N5O2. The molecular weight excluding hydrogens is 354 g/mol. The Labute approximate surface area is 161 Å². The minimum Gasteiger partial charge on any atom is -0.354 e. The summed E-state index contributed by atoms with van der Waals surface area (Å²) in [4.78, 5) is 33.1. The van der Waals surface area contributed by atoms with Gasteiger partial charge in [-0.25, -0.2) is 9.97 Å². The maximum atomic E-state index is 12.3. The molecule has 0 saturated carbocycles. The Kier molecular flexibility index (Phi) is 4.89. The molecule has 0 radical (unpaired) electrons. The van der Waals surface area contributed by atoms with Crippen molar-refractivity contribution in [1.29, 1.82) is 0 Å². The fraction of sp³-hybridized carbons (Fsp3) is 0.238. The van der Waals surface area contributed by atoms with E-state index in [4.69, 9.17) is 0 Å². The quantitative estimate of drug-likeness (QED) is 0.524. The summed E-state index contributed by atoms with van der Waals surface area (Å²) < 4.78 is 3.60. The van der Waals surface area contributed by atoms with Crippen LogP contribution in [-0.2, 0) is 17.9 Å². The highest BCUT2D eigenvalue weighted by molar-refractivity contribution is 5.80. The number of rotatable bonds is 6. The Balaban J connectivity index is 1.37. The van der Waals surface area contributed by atoms with E-state index in [1.807, 2.05) is 43.3 Å². The van der Waals surface area contributed by atoms with Crippen molar-refractivity contribution in [3.8, 4) is 0 Å². The standard InChI is InChI=1S/C21H21N5O2/c1-15-24-17-8-3-5-10-19(17)25(15)12-6-11-22-20(27)14-26-18-9-4-2-7-16(18)23-13-21(26)28/h2-5,7-10,13H,6,11-12,14H2,1H3,(H,22,27). The second-order valence-electron chi connectivity index (χ2n) is 6.67. The van der Waals surface area contributed by atoms with Crippen LogP contribution in [0.15, 0.2) is 59.5 Å². The summed E-state index contributed by atoms with van der Waals surface area (Å²) in [5.41, 5.74) is 3.14. The van der Waals surface area contributed by atoms with Gasteiger partial charge in [-0.3, -0.25) is 14.2 Å². The molecule has 0 spiro atoms. The van der Waals surface area contributed by atoms with E-state index in [-0.39, 0.29) is 18.0 Å². The Morgan fingerprint density at radius 1 is 1.00 bits per heavy atom. The van der Waals surface area contributed by atoms with Crippen LogP contribution in [0.3, 0.4) is 0 Å². The molecule has 0 aliphatic rings. The van der Waals surface area contributed by atoms with E-state index >= 15 is 0 Å². The highest BCUT2D eigenvalue weighted by Crippen LogP contribution is 2.15. The van der Waals surface area contributed by atoms with Gasteiger partial charge in [-0.2, -0.15) is 0 Å². The first-order chi connectivity index (χ1) is 13.6. The van der Waals surface area contributed by atoms with Gasteiger partial charge < -0.3 is 9.88 Å². The number of aromatic nitrogens is 4. The number of hydrogen-bond acceptors (Lipinski definition) is 4. The number of nitrogens with one attached hydrogen (secondary N) is 1. The molecule has 0 saturated heterocycles. The molecule has 0 unspecified atom stereocenters. The van der Waals surface area contributed by atoms with Gasteiger partial charge in [-0.1, -0.05) is 24.3 Å². The topological polar surface area (TPSA) is 81.8 Å². The van der Waals surface area contributed by atoms with Crippen LogP contribution in [0.4, 0.5) is 0 Å². The molecule has 0 aliphatic carbocycles. The van der Waals surface area contributed by atoms with Crippen LogP contribution in [0.25, 0.3) is 22.1 Å². The van der Waals surface area contributed by atoms with Crippen molar-refractivity contribution in [3.63, 3.8) is 0 Å². The van der Waals surface area contributed by atoms with Crippen molar-refractivity contribution in [2.75, 3.05) is 6.54 Å². The fourth-order valence-electron chi connectivity index (χ4n) is 3.42. The zero-order valence-electron chi connectivity index (χ0n) is 15.6. The van der Waals surface area contributed by atoms with Gasteiger partial charge in [-0.05, 0) is 37.6 Å². The summed E-state index contributed by atoms with van der Waals surface area (Å²) in [6.07, 6.45) is 2.03. The lowest BCUT2D eigenvalue weighted by molar-refractivity contribution is -0.121. The lowest BCUT2D eigenvalue weighted by Crippen LogP contribution is -2.33. The largest absolute Gasteiger partial charge is 0.354 e. The maximum Gasteiger partial charge on any atom is 0.269 e. The van der Waals surface area contributed by atoms with Crippen LogP contribution >= 0.6 is 0 Å². The molecule has 28 heavy (non-hydrogen) atoms. The number of fused-ring (bicyclic) bond motifs is 2. The average Bonchev–Trinajstić information content (AvgIpc) is 3.02. The van der Waals surface area contributed by atoms with Crippen LogP contribution in [0.5, 0.6) is 0 Å². The van der Waals surface area contributed by atoms with Crippen molar-refractivity contribution in [2.45, 2.75) is 26.4 Å². The Morgan fingerprint density at radius 3 is 2.46 bits per heavy atom. The molecule has 4 aromatic rings. The van der Waals surface area contributed by atoms with Crippen LogP contribution < -0.4 is 10.9 Å². The smallest absolute Gasteiger partial charge is 0.269 e. The normalized spacial score (nSPS) is 11.2. The molecule has 2 aromatic heterocycles. The molecule has 7 nitrogen and oxygen atoms in total. The van der Waals surface area contributed by atoms with Gasteiger partial charge in [0.05, 0.1) is 28.3 Å². The first-order valence-electron chi connectivity index (χ1n) is 9.26. The summed E-state index contributed by atoms with van der Waals surface area (Å²) >= 11 is 0. The number of nitrogens with zero attached hydrogens (tertiary/aromatic N) is 4. The predicted octanol–water partition coefficient (Wildman–Crippen LogP) is 2.26. The number of imidazole rings is 1. The molecule has 2 aromatic carbocycles. The van der Waals surface area contributed by atoms with Gasteiger partial charge >= 0.3 is 0 Å². The molecule has 1 amide bonds. The number of carbonyl (C=O) groups excluding carboxylic acids is 1. The molecule has 4 rings (SSSR count). The van der Waals surface area contributed by atoms with Crippen LogP contribution in [0.1, 0.15) is 12.2 Å². The predicted molar refractivity (Wildman–Crippen MR) is 108 cm³/mol. The van der Waals surface area contributed by atoms with Crippen LogP contribution in [-0.4, -0.2) is 31.6 Å². The molecule has 0 fully saturated rings. The zero-order valence-corrected chi connectivity index (χ0v) is 15.6. The second kappa shape index (κ2) is 7.64. The summed E-state index contributed by atoms with van der Waals surface area (Å²) in [5, 5.41) is 2.90. The highest BCUT2D eigenvalue weighted by Gasteiger charge is 2.09. The fourth-order valence-corrected chi connectivity index (χ4v) is 3.42. The van der Waals surface area contributed by atoms with E-state index < -0.39 is 0 Å². The molecule has 2 heterocycles. The zero-order chi connectivity index (χ0) is 19.5. The van der Waals surface area contributed by atoms with Crippen molar-refractivity contribution >= 4 is 28.0 Å². The third kappa shape index (κ3) is 3.51. The van der Waals surface area contributed by atoms with Gasteiger partial charge in [0.2, 0.25) is 5.91 Å². The summed E-state index contributed by atoms with van der Waals surface area (Å²) in [5.74, 6) is 0.771. The van der Waals surface area contributed by atoms with Crippen molar-refractivity contribution in [3.05, 3.63) is 70.9 Å². The third-order valence-corrected chi connectivity index (χ3v) is 4.78. The molecule has 1 N–H and O–H groups in total. The Bertz CT molecular complexity index is 1210. The van der Waals surface area contributed by atoms with Crippen LogP contribution in [0.2, 0.25) is 0 Å². The van der Waals surface area contributed by atoms with Crippen LogP contribution in [0, 0.1) is 6.92 Å². The van der Waals surface area contributed by atoms with Gasteiger partial charge in [0, 0.05) is 13.1 Å². The lowest BCUT2D eigenvalue weighted by Gasteiger charge is -2.11. The van der Waals surface area contributed by atoms with E-state index in [0.717, 1.165) is 29.8 Å². The number of benzene rings is 2. The lowest BCUT2D eigenvalue weighted by atomic mass is 10.3. The summed E-state index contributed by atoms with van der Waals surface area (Å²) in [6.45, 7) is 3.27. The minimum atomic E-state index is -0.283. The van der Waals surface area contributed by atoms with E-state index in [1.165, 1.54) is 10.8 Å². The van der Waals surface area contributed by atoms with Crippen molar-refractivity contribution in [1.82, 2.24) is 24.4 Å². The first-order valence-corrected chi connectivity index (χ1v) is 9.26. The molecule has 0 bridgehead atoms. The van der Waals surface area contributed by atoms with E-state index in [2.05, 4.69) is 25.9 Å².